The first-order chi connectivity index (χ1) is 13.7. The molecule has 2 heterocycles. The minimum Gasteiger partial charge on any atom is -0.377 e. The van der Waals surface area contributed by atoms with E-state index < -0.39 is 10.9 Å². The average Bonchev–Trinajstić information content (AvgIpc) is 2.75. The predicted molar refractivity (Wildman–Crippen MR) is 111 cm³/mol. The Hall–Kier alpha value is -2.99. The van der Waals surface area contributed by atoms with Crippen molar-refractivity contribution in [2.45, 2.75) is 32.0 Å². The molecule has 6 nitrogen and oxygen atoms in total. The molecule has 0 atom stereocenters. The molecule has 1 fully saturated rings. The number of hydrogen-bond acceptors (Lipinski definition) is 6. The predicted octanol–water partition coefficient (Wildman–Crippen LogP) is 2.37. The largest absolute Gasteiger partial charge is 0.377 e. The lowest BCUT2D eigenvalue weighted by molar-refractivity contribution is 0.211. The summed E-state index contributed by atoms with van der Waals surface area (Å²) in [4.78, 5) is 30.6. The van der Waals surface area contributed by atoms with Crippen molar-refractivity contribution in [1.82, 2.24) is 9.88 Å². The summed E-state index contributed by atoms with van der Waals surface area (Å²) >= 11 is 0. The topological polar surface area (TPSA) is 74.3 Å². The normalized spacial score (nSPS) is 15.6. The molecule has 4 rings (SSSR count). The molecule has 0 aliphatic carbocycles. The number of rotatable bonds is 7. The molecule has 28 heavy (non-hydrogen) atoms. The van der Waals surface area contributed by atoms with Gasteiger partial charge < -0.3 is 10.6 Å². The Morgan fingerprint density at radius 1 is 0.929 bits per heavy atom. The van der Waals surface area contributed by atoms with E-state index >= 15 is 0 Å². The third-order valence-corrected chi connectivity index (χ3v) is 5.27. The Labute approximate surface area is 163 Å². The van der Waals surface area contributed by atoms with Gasteiger partial charge in [-0.1, -0.05) is 36.4 Å². The molecule has 3 aromatic rings. The highest BCUT2D eigenvalue weighted by atomic mass is 16.2. The molecule has 2 aromatic carbocycles. The van der Waals surface area contributed by atoms with E-state index in [0.29, 0.717) is 17.9 Å². The van der Waals surface area contributed by atoms with Gasteiger partial charge in [0.25, 0.3) is 10.9 Å². The van der Waals surface area contributed by atoms with Crippen molar-refractivity contribution in [3.05, 3.63) is 86.4 Å². The SMILES string of the molecule is O=c1c(NCc2ccccn2)c(NC2CCN(Cc3ccccc3)CC2)c1=O. The van der Waals surface area contributed by atoms with Gasteiger partial charge in [-0.05, 0) is 30.5 Å². The first kappa shape index (κ1) is 18.4. The van der Waals surface area contributed by atoms with Crippen LogP contribution in [0.4, 0.5) is 11.4 Å². The number of benzene rings is 1. The van der Waals surface area contributed by atoms with Gasteiger partial charge in [0.15, 0.2) is 0 Å². The van der Waals surface area contributed by atoms with Gasteiger partial charge in [0, 0.05) is 31.9 Å². The van der Waals surface area contributed by atoms with Crippen LogP contribution in [-0.2, 0) is 13.1 Å². The fourth-order valence-corrected chi connectivity index (χ4v) is 3.66. The van der Waals surface area contributed by atoms with E-state index in [9.17, 15) is 9.59 Å². The molecule has 144 valence electrons. The van der Waals surface area contributed by atoms with E-state index in [1.54, 1.807) is 6.20 Å². The molecule has 6 heteroatoms. The zero-order valence-corrected chi connectivity index (χ0v) is 15.7. The molecule has 0 amide bonds. The zero-order chi connectivity index (χ0) is 19.3. The Balaban J connectivity index is 1.31. The van der Waals surface area contributed by atoms with Crippen molar-refractivity contribution in [2.75, 3.05) is 23.7 Å². The molecule has 1 aliphatic rings. The minimum atomic E-state index is -0.444. The third-order valence-electron chi connectivity index (χ3n) is 5.27. The first-order valence-electron chi connectivity index (χ1n) is 9.70. The fraction of sp³-hybridized carbons (Fsp3) is 0.318. The van der Waals surface area contributed by atoms with E-state index in [1.807, 2.05) is 24.3 Å². The summed E-state index contributed by atoms with van der Waals surface area (Å²) in [5.41, 5.74) is 2.10. The number of pyridine rings is 1. The molecular weight excluding hydrogens is 352 g/mol. The van der Waals surface area contributed by atoms with Gasteiger partial charge >= 0.3 is 0 Å². The van der Waals surface area contributed by atoms with Crippen molar-refractivity contribution < 1.29 is 0 Å². The minimum absolute atomic E-state index is 0.214. The van der Waals surface area contributed by atoms with Crippen molar-refractivity contribution in [3.63, 3.8) is 0 Å². The molecule has 0 radical (unpaired) electrons. The van der Waals surface area contributed by atoms with E-state index in [-0.39, 0.29) is 6.04 Å². The molecule has 1 aliphatic heterocycles. The van der Waals surface area contributed by atoms with E-state index in [4.69, 9.17) is 0 Å². The number of nitrogens with one attached hydrogen (secondary N) is 2. The summed E-state index contributed by atoms with van der Waals surface area (Å²) < 4.78 is 0. The zero-order valence-electron chi connectivity index (χ0n) is 15.7. The van der Waals surface area contributed by atoms with Crippen LogP contribution in [0.2, 0.25) is 0 Å². The Morgan fingerprint density at radius 3 is 2.36 bits per heavy atom. The second-order valence-electron chi connectivity index (χ2n) is 7.26. The number of nitrogens with zero attached hydrogens (tertiary/aromatic N) is 2. The van der Waals surface area contributed by atoms with Crippen molar-refractivity contribution in [2.24, 2.45) is 0 Å². The van der Waals surface area contributed by atoms with E-state index in [1.165, 1.54) is 5.56 Å². The number of hydrogen-bond donors (Lipinski definition) is 2. The smallest absolute Gasteiger partial charge is 0.253 e. The van der Waals surface area contributed by atoms with Crippen LogP contribution < -0.4 is 21.5 Å². The summed E-state index contributed by atoms with van der Waals surface area (Å²) in [6, 6.07) is 16.3. The Bertz CT molecular complexity index is 973. The summed E-state index contributed by atoms with van der Waals surface area (Å²) in [5, 5.41) is 6.38. The lowest BCUT2D eigenvalue weighted by atomic mass is 10.0. The molecule has 0 spiro atoms. The highest BCUT2D eigenvalue weighted by molar-refractivity contribution is 5.74. The molecule has 0 saturated carbocycles. The second kappa shape index (κ2) is 8.35. The average molecular weight is 376 g/mol. The van der Waals surface area contributed by atoms with Crippen LogP contribution in [0.25, 0.3) is 0 Å². The quantitative estimate of drug-likeness (QED) is 0.617. The van der Waals surface area contributed by atoms with Crippen molar-refractivity contribution in [3.8, 4) is 0 Å². The van der Waals surface area contributed by atoms with Crippen LogP contribution in [0.15, 0.2) is 64.3 Å². The molecule has 2 N–H and O–H groups in total. The molecule has 1 saturated heterocycles. The monoisotopic (exact) mass is 376 g/mol. The number of likely N-dealkylation sites (tertiary alicyclic amines) is 1. The van der Waals surface area contributed by atoms with Gasteiger partial charge in [0.1, 0.15) is 11.4 Å². The fourth-order valence-electron chi connectivity index (χ4n) is 3.66. The lowest BCUT2D eigenvalue weighted by Crippen LogP contribution is -2.43. The van der Waals surface area contributed by atoms with Gasteiger partial charge in [-0.3, -0.25) is 19.5 Å². The highest BCUT2D eigenvalue weighted by Crippen LogP contribution is 2.21. The van der Waals surface area contributed by atoms with Crippen LogP contribution in [0.3, 0.4) is 0 Å². The van der Waals surface area contributed by atoms with E-state index in [2.05, 4.69) is 44.8 Å². The van der Waals surface area contributed by atoms with Crippen LogP contribution >= 0.6 is 0 Å². The maximum atomic E-state index is 12.0. The number of aromatic nitrogens is 1. The van der Waals surface area contributed by atoms with Crippen LogP contribution in [-0.4, -0.2) is 29.0 Å². The second-order valence-corrected chi connectivity index (χ2v) is 7.26. The highest BCUT2D eigenvalue weighted by Gasteiger charge is 2.25. The first-order valence-corrected chi connectivity index (χ1v) is 9.70. The van der Waals surface area contributed by atoms with Crippen LogP contribution in [0, 0.1) is 0 Å². The molecule has 1 aromatic heterocycles. The van der Waals surface area contributed by atoms with Crippen molar-refractivity contribution in [1.29, 1.82) is 0 Å². The molecule has 0 unspecified atom stereocenters. The molecule has 0 bridgehead atoms. The van der Waals surface area contributed by atoms with Gasteiger partial charge in [-0.15, -0.1) is 0 Å². The summed E-state index contributed by atoms with van der Waals surface area (Å²) in [5.74, 6) is 0. The van der Waals surface area contributed by atoms with E-state index in [0.717, 1.165) is 38.2 Å². The maximum absolute atomic E-state index is 12.0. The number of anilines is 2. The van der Waals surface area contributed by atoms with Crippen molar-refractivity contribution >= 4 is 11.4 Å². The van der Waals surface area contributed by atoms with Gasteiger partial charge in [-0.25, -0.2) is 0 Å². The third kappa shape index (κ3) is 4.12. The summed E-state index contributed by atoms with van der Waals surface area (Å²) in [6.45, 7) is 3.32. The van der Waals surface area contributed by atoms with Crippen LogP contribution in [0.1, 0.15) is 24.1 Å². The molecular formula is C22H24N4O2. The van der Waals surface area contributed by atoms with Gasteiger partial charge in [0.05, 0.1) is 12.2 Å². The lowest BCUT2D eigenvalue weighted by Gasteiger charge is -2.33. The standard InChI is InChI=1S/C22H24N4O2/c27-21-19(24-14-18-8-4-5-11-23-18)20(22(21)28)25-17-9-12-26(13-10-17)15-16-6-2-1-3-7-16/h1-8,11,17,24-25H,9-10,12-15H2. The maximum Gasteiger partial charge on any atom is 0.253 e. The van der Waals surface area contributed by atoms with Crippen LogP contribution in [0.5, 0.6) is 0 Å². The Morgan fingerprint density at radius 2 is 1.64 bits per heavy atom. The Kier molecular flexibility index (Phi) is 5.48. The van der Waals surface area contributed by atoms with Gasteiger partial charge in [0.2, 0.25) is 0 Å². The van der Waals surface area contributed by atoms with Gasteiger partial charge in [-0.2, -0.15) is 0 Å². The number of piperidine rings is 1. The summed E-state index contributed by atoms with van der Waals surface area (Å²) in [7, 11) is 0. The summed E-state index contributed by atoms with van der Waals surface area (Å²) in [6.07, 6.45) is 3.61.